The van der Waals surface area contributed by atoms with Crippen molar-refractivity contribution in [2.75, 3.05) is 26.8 Å². The lowest BCUT2D eigenvalue weighted by Crippen LogP contribution is -2.60. The van der Waals surface area contributed by atoms with E-state index in [1.807, 2.05) is 93.6 Å². The molecule has 0 unspecified atom stereocenters. The highest BCUT2D eigenvalue weighted by Gasteiger charge is 2.48. The zero-order chi connectivity index (χ0) is 57.2. The molecule has 2 saturated heterocycles. The fraction of sp³-hybridized carbons (Fsp3) is 0.500. The molecule has 2 heterocycles. The molecule has 2 aliphatic carbocycles. The summed E-state index contributed by atoms with van der Waals surface area (Å²) in [6.45, 7) is 17.7. The number of aryl methyl sites for hydroxylation is 1. The van der Waals surface area contributed by atoms with E-state index in [2.05, 4.69) is 69.0 Å². The van der Waals surface area contributed by atoms with Crippen molar-refractivity contribution >= 4 is 49.4 Å². The number of amides is 7. The van der Waals surface area contributed by atoms with Gasteiger partial charge in [-0.3, -0.25) is 33.6 Å². The van der Waals surface area contributed by atoms with E-state index >= 15 is 0 Å². The van der Waals surface area contributed by atoms with E-state index in [9.17, 15) is 33.6 Å². The second-order valence-electron chi connectivity index (χ2n) is 24.1. The molecule has 4 aliphatic rings. The first-order valence-corrected chi connectivity index (χ1v) is 31.7. The Morgan fingerprint density at radius 3 is 2.01 bits per heavy atom. The Labute approximate surface area is 468 Å². The van der Waals surface area contributed by atoms with Crippen molar-refractivity contribution in [1.29, 1.82) is 0 Å². The number of fused-ring (bicyclic) bond motifs is 1. The van der Waals surface area contributed by atoms with Crippen molar-refractivity contribution in [2.24, 2.45) is 5.41 Å². The fourth-order valence-corrected chi connectivity index (χ4v) is 14.1. The summed E-state index contributed by atoms with van der Waals surface area (Å²) in [4.78, 5) is 102. The van der Waals surface area contributed by atoms with Crippen LogP contribution in [0.2, 0.25) is 19.1 Å². The van der Waals surface area contributed by atoms with Crippen LogP contribution in [0.5, 0.6) is 0 Å². The van der Waals surface area contributed by atoms with Gasteiger partial charge in [0.15, 0.2) is 0 Å². The Hall–Kier alpha value is -6.69. The molecule has 3 aromatic rings. The lowest BCUT2D eigenvalue weighted by molar-refractivity contribution is -0.144. The van der Waals surface area contributed by atoms with Crippen molar-refractivity contribution in [2.45, 2.75) is 166 Å². The molecule has 0 saturated carbocycles. The summed E-state index contributed by atoms with van der Waals surface area (Å²) in [6, 6.07) is 18.4. The molecule has 9 atom stereocenters. The molecule has 0 aromatic heterocycles. The van der Waals surface area contributed by atoms with Gasteiger partial charge in [-0.15, -0.1) is 0 Å². The molecule has 16 nitrogen and oxygen atoms in total. The second kappa shape index (κ2) is 26.5. The van der Waals surface area contributed by atoms with Crippen molar-refractivity contribution in [3.8, 4) is 11.1 Å². The van der Waals surface area contributed by atoms with Gasteiger partial charge in [0.2, 0.25) is 35.4 Å². The van der Waals surface area contributed by atoms with Gasteiger partial charge in [-0.05, 0) is 131 Å². The van der Waals surface area contributed by atoms with E-state index in [0.29, 0.717) is 24.2 Å². The maximum absolute atomic E-state index is 14.8. The maximum Gasteiger partial charge on any atom is 0.251 e. The summed E-state index contributed by atoms with van der Waals surface area (Å²) in [5.41, 5.74) is 5.62. The first-order chi connectivity index (χ1) is 37.5. The third-order valence-electron chi connectivity index (χ3n) is 16.2. The van der Waals surface area contributed by atoms with Crippen LogP contribution in [-0.4, -0.2) is 134 Å². The van der Waals surface area contributed by atoms with Gasteiger partial charge in [0.1, 0.15) is 24.2 Å². The molecule has 7 rings (SSSR count). The highest BCUT2D eigenvalue weighted by molar-refractivity contribution is 6.79. The average molecular weight is 1100 g/mol. The topological polar surface area (TPSA) is 210 Å². The highest BCUT2D eigenvalue weighted by atomic mass is 28.3. The molecule has 17 heteroatoms. The van der Waals surface area contributed by atoms with Crippen LogP contribution >= 0.6 is 0 Å². The number of carbonyl (C=O) groups is 7. The number of carbonyl (C=O) groups excluding carboxylic acids is 7. The minimum absolute atomic E-state index is 0.0699. The van der Waals surface area contributed by atoms with Gasteiger partial charge in [-0.1, -0.05) is 131 Å². The molecular weight excluding hydrogens is 1010 g/mol. The van der Waals surface area contributed by atoms with Gasteiger partial charge in [0.25, 0.3) is 5.91 Å². The number of benzene rings is 3. The molecule has 0 bridgehead atoms. The van der Waals surface area contributed by atoms with Crippen LogP contribution in [0.3, 0.4) is 0 Å². The second-order valence-corrected chi connectivity index (χ2v) is 29.1. The molecule has 3 aromatic carbocycles. The van der Waals surface area contributed by atoms with Gasteiger partial charge in [0.05, 0.1) is 26.2 Å². The number of nitrogens with one attached hydrogen (secondary N) is 7. The number of allylic oxidation sites excluding steroid dienone is 4. The van der Waals surface area contributed by atoms with Crippen LogP contribution in [0.4, 0.5) is 0 Å². The number of likely N-dealkylation sites (tertiary alicyclic amines) is 1. The van der Waals surface area contributed by atoms with Crippen molar-refractivity contribution in [1.82, 2.24) is 47.0 Å². The molecule has 7 amide bonds. The zero-order valence-corrected chi connectivity index (χ0v) is 48.9. The molecule has 2 aliphatic heterocycles. The number of likely N-dealkylation sites (N-methyl/N-ethyl adjacent to an activating group) is 2. The number of rotatable bonds is 17. The molecule has 0 radical (unpaired) electrons. The van der Waals surface area contributed by atoms with Gasteiger partial charge in [-0.25, -0.2) is 0 Å². The van der Waals surface area contributed by atoms with Crippen molar-refractivity contribution < 1.29 is 33.6 Å². The first kappa shape index (κ1) is 60.0. The van der Waals surface area contributed by atoms with E-state index in [4.69, 9.17) is 0 Å². The molecule has 424 valence electrons. The number of nitrogens with zero attached hydrogens (tertiary/aromatic N) is 2. The Morgan fingerprint density at radius 2 is 1.34 bits per heavy atom. The Morgan fingerprint density at radius 1 is 0.709 bits per heavy atom. The summed E-state index contributed by atoms with van der Waals surface area (Å²) in [6.07, 6.45) is 14.6. The zero-order valence-electron chi connectivity index (χ0n) is 47.9. The van der Waals surface area contributed by atoms with Crippen LogP contribution in [-0.2, 0) is 41.6 Å². The van der Waals surface area contributed by atoms with Crippen LogP contribution in [0.1, 0.15) is 113 Å². The lowest BCUT2D eigenvalue weighted by Gasteiger charge is -2.36. The molecule has 0 spiro atoms. The van der Waals surface area contributed by atoms with Crippen LogP contribution in [0.15, 0.2) is 109 Å². The predicted octanol–water partition coefficient (Wildman–Crippen LogP) is 6.21. The Balaban J connectivity index is 1.04. The summed E-state index contributed by atoms with van der Waals surface area (Å²) < 4.78 is 0. The van der Waals surface area contributed by atoms with Gasteiger partial charge in [0, 0.05) is 36.8 Å². The van der Waals surface area contributed by atoms with Crippen LogP contribution in [0, 0.1) is 5.41 Å². The number of hydrogen-bond donors (Lipinski definition) is 7. The third kappa shape index (κ3) is 15.6. The third-order valence-corrected chi connectivity index (χ3v) is 18.8. The monoisotopic (exact) mass is 1100 g/mol. The first-order valence-electron chi connectivity index (χ1n) is 28.3. The minimum Gasteiger partial charge on any atom is -0.351 e. The van der Waals surface area contributed by atoms with E-state index in [-0.39, 0.29) is 66.9 Å². The molecule has 7 N–H and O–H groups in total. The van der Waals surface area contributed by atoms with E-state index in [0.717, 1.165) is 66.4 Å². The minimum atomic E-state index is -2.00. The largest absolute Gasteiger partial charge is 0.351 e. The smallest absolute Gasteiger partial charge is 0.251 e. The summed E-state index contributed by atoms with van der Waals surface area (Å²) >= 11 is 0. The lowest BCUT2D eigenvalue weighted by atomic mass is 9.85. The average Bonchev–Trinajstić information content (AvgIpc) is 4.12. The van der Waals surface area contributed by atoms with E-state index in [1.54, 1.807) is 45.0 Å². The van der Waals surface area contributed by atoms with Gasteiger partial charge < -0.3 is 47.0 Å². The summed E-state index contributed by atoms with van der Waals surface area (Å²) in [5.74, 6) is -2.15. The van der Waals surface area contributed by atoms with E-state index in [1.165, 1.54) is 10.5 Å². The van der Waals surface area contributed by atoms with E-state index < -0.39 is 61.7 Å². The maximum atomic E-state index is 14.8. The SMILES string of the molecule is C=C1/C=C\C=C/C[C@H](NC(=O)[C@@H]2C[C@H](NC(=O)c3ccc(-c4ccc(C[C@H](NC(=O)[C@H](C)NC)C(=O)N5C[Si](C)(C)C[C@H]5C(=O)N[C@@H]5CCCc6ccccc65)cc4)cc3)CN2C(=O)[C@@H](NC(=O)[C@H](C)NC)C(C)(C)C)CCC1. The Kier molecular flexibility index (Phi) is 20.1. The summed E-state index contributed by atoms with van der Waals surface area (Å²) in [7, 11) is 1.36. The fourth-order valence-electron chi connectivity index (χ4n) is 11.3. The molecule has 79 heavy (non-hydrogen) atoms. The van der Waals surface area contributed by atoms with Crippen LogP contribution in [0.25, 0.3) is 11.1 Å². The van der Waals surface area contributed by atoms with Gasteiger partial charge in [-0.2, -0.15) is 0 Å². The Bertz CT molecular complexity index is 2770. The standard InChI is InChI=1S/C62H85N9O7Si/c1-39-18-12-11-13-22-47(23-16-19-39)65-58(75)52-35-48(36-70(52)61(78)54(62(4,5)6)69-56(73)41(3)64-8)66-57(74)46-32-30-44(31-33-46)43-28-26-42(27-29-43)34-51(68-55(72)40(2)63-7)60(77)71-38-79(9,10)37-53(71)59(76)67-50-25-17-21-45-20-14-15-24-49(45)50/h11-15,18,20,24,26-33,40-41,47-48,50-54,63-64H,1,16-17,19,21-23,25,34-38H2,2-10H3,(H,65,75)(H,66,74)(H,67,76)(H,68,72)(H,69,73)/b13-11-,18-12-/t40-,41-,47-,48-,50+,51-,52-,53-,54+/m0/s1. The van der Waals surface area contributed by atoms with Gasteiger partial charge >= 0.3 is 0 Å². The predicted molar refractivity (Wildman–Crippen MR) is 313 cm³/mol. The number of hydrogen-bond acceptors (Lipinski definition) is 9. The molecule has 2 fully saturated rings. The highest BCUT2D eigenvalue weighted by Crippen LogP contribution is 2.33. The summed E-state index contributed by atoms with van der Waals surface area (Å²) in [5, 5.41) is 21.5. The molecular formula is C62H85N9O7Si. The van der Waals surface area contributed by atoms with Crippen LogP contribution < -0.4 is 37.2 Å². The normalized spacial score (nSPS) is 23.4. The quantitative estimate of drug-likeness (QED) is 0.0766. The van der Waals surface area contributed by atoms with Crippen molar-refractivity contribution in [3.05, 3.63) is 132 Å². The van der Waals surface area contributed by atoms with Crippen molar-refractivity contribution in [3.63, 3.8) is 0 Å².